The normalized spacial score (nSPS) is 12.2. The summed E-state index contributed by atoms with van der Waals surface area (Å²) in [6, 6.07) is 3.10. The predicted molar refractivity (Wildman–Crippen MR) is 85.8 cm³/mol. The van der Waals surface area contributed by atoms with Crippen LogP contribution in [0, 0.1) is 18.6 Å². The van der Waals surface area contributed by atoms with Gasteiger partial charge in [-0.3, -0.25) is 4.79 Å². The Morgan fingerprint density at radius 2 is 2.04 bits per heavy atom. The second-order valence-corrected chi connectivity index (χ2v) is 5.68. The molecule has 0 aliphatic heterocycles. The van der Waals surface area contributed by atoms with Gasteiger partial charge in [0.25, 0.3) is 0 Å². The Kier molecular flexibility index (Phi) is 5.06. The predicted octanol–water partition coefficient (Wildman–Crippen LogP) is 3.12. The van der Waals surface area contributed by atoms with Gasteiger partial charge < -0.3 is 14.3 Å². The standard InChI is InChI=1S/C17H16F2N4O3/c1-9(17-22-10(2)23-26-17)21-14(24)6-7-15-20-8-13(25-15)16-11(18)4-3-5-12(16)19/h3-5,8-9H,6-7H2,1-2H3,(H,21,24)/t9-/m1/s1. The lowest BCUT2D eigenvalue weighted by Crippen LogP contribution is -2.27. The van der Waals surface area contributed by atoms with Gasteiger partial charge in [0.2, 0.25) is 11.8 Å². The molecule has 7 nitrogen and oxygen atoms in total. The van der Waals surface area contributed by atoms with E-state index in [0.717, 1.165) is 12.1 Å². The van der Waals surface area contributed by atoms with Crippen LogP contribution in [-0.4, -0.2) is 21.0 Å². The van der Waals surface area contributed by atoms with Gasteiger partial charge >= 0.3 is 0 Å². The Hall–Kier alpha value is -3.10. The monoisotopic (exact) mass is 362 g/mol. The number of carbonyl (C=O) groups excluding carboxylic acids is 1. The van der Waals surface area contributed by atoms with Crippen LogP contribution >= 0.6 is 0 Å². The molecule has 1 atom stereocenters. The van der Waals surface area contributed by atoms with Crippen LogP contribution in [0.25, 0.3) is 11.3 Å². The molecule has 0 saturated heterocycles. The van der Waals surface area contributed by atoms with E-state index in [1.54, 1.807) is 13.8 Å². The molecule has 3 rings (SSSR count). The summed E-state index contributed by atoms with van der Waals surface area (Å²) in [5, 5.41) is 6.37. The van der Waals surface area contributed by atoms with Crippen molar-refractivity contribution in [3.63, 3.8) is 0 Å². The highest BCUT2D eigenvalue weighted by Crippen LogP contribution is 2.26. The number of halogens is 2. The van der Waals surface area contributed by atoms with Gasteiger partial charge in [0, 0.05) is 12.8 Å². The lowest BCUT2D eigenvalue weighted by molar-refractivity contribution is -0.121. The minimum atomic E-state index is -0.742. The highest BCUT2D eigenvalue weighted by atomic mass is 19.1. The lowest BCUT2D eigenvalue weighted by atomic mass is 10.1. The molecular weight excluding hydrogens is 346 g/mol. The largest absolute Gasteiger partial charge is 0.441 e. The lowest BCUT2D eigenvalue weighted by Gasteiger charge is -2.08. The van der Waals surface area contributed by atoms with Gasteiger partial charge in [-0.25, -0.2) is 13.8 Å². The second-order valence-electron chi connectivity index (χ2n) is 5.68. The van der Waals surface area contributed by atoms with Crippen LogP contribution in [0.3, 0.4) is 0 Å². The molecular formula is C17H16F2N4O3. The van der Waals surface area contributed by atoms with Crippen molar-refractivity contribution in [2.45, 2.75) is 32.7 Å². The van der Waals surface area contributed by atoms with E-state index in [4.69, 9.17) is 8.94 Å². The molecule has 0 aliphatic carbocycles. The van der Waals surface area contributed by atoms with Gasteiger partial charge in [0.1, 0.15) is 17.7 Å². The third-order valence-electron chi connectivity index (χ3n) is 3.62. The van der Waals surface area contributed by atoms with E-state index in [9.17, 15) is 13.6 Å². The number of amides is 1. The van der Waals surface area contributed by atoms with E-state index in [2.05, 4.69) is 20.4 Å². The smallest absolute Gasteiger partial charge is 0.248 e. The first-order valence-corrected chi connectivity index (χ1v) is 7.92. The van der Waals surface area contributed by atoms with Crippen molar-refractivity contribution in [3.8, 4) is 11.3 Å². The van der Waals surface area contributed by atoms with Crippen LogP contribution in [0.1, 0.15) is 37.0 Å². The minimum absolute atomic E-state index is 0.0225. The van der Waals surface area contributed by atoms with E-state index in [0.29, 0.717) is 11.7 Å². The molecule has 0 radical (unpaired) electrons. The van der Waals surface area contributed by atoms with E-state index in [1.807, 2.05) is 0 Å². The number of oxazole rings is 1. The van der Waals surface area contributed by atoms with Crippen LogP contribution in [0.5, 0.6) is 0 Å². The zero-order valence-corrected chi connectivity index (χ0v) is 14.1. The number of carbonyl (C=O) groups is 1. The number of hydrogen-bond donors (Lipinski definition) is 1. The molecule has 2 heterocycles. The summed E-state index contributed by atoms with van der Waals surface area (Å²) in [7, 11) is 0. The minimum Gasteiger partial charge on any atom is -0.441 e. The summed E-state index contributed by atoms with van der Waals surface area (Å²) in [6.07, 6.45) is 1.49. The maximum atomic E-state index is 13.8. The fraction of sp³-hybridized carbons (Fsp3) is 0.294. The van der Waals surface area contributed by atoms with Gasteiger partial charge in [-0.1, -0.05) is 11.2 Å². The van der Waals surface area contributed by atoms with Crippen molar-refractivity contribution in [3.05, 3.63) is 53.6 Å². The van der Waals surface area contributed by atoms with Crippen LogP contribution in [0.15, 0.2) is 33.3 Å². The number of aromatic nitrogens is 3. The summed E-state index contributed by atoms with van der Waals surface area (Å²) in [6.45, 7) is 3.40. The number of nitrogens with one attached hydrogen (secondary N) is 1. The molecule has 1 amide bonds. The van der Waals surface area contributed by atoms with Crippen molar-refractivity contribution in [2.24, 2.45) is 0 Å². The summed E-state index contributed by atoms with van der Waals surface area (Å²) in [5.41, 5.74) is -0.281. The molecule has 2 aromatic heterocycles. The zero-order chi connectivity index (χ0) is 18.7. The highest BCUT2D eigenvalue weighted by molar-refractivity contribution is 5.76. The van der Waals surface area contributed by atoms with E-state index < -0.39 is 17.7 Å². The summed E-state index contributed by atoms with van der Waals surface area (Å²) >= 11 is 0. The van der Waals surface area contributed by atoms with Crippen molar-refractivity contribution in [1.82, 2.24) is 20.4 Å². The van der Waals surface area contributed by atoms with Gasteiger partial charge in [-0.2, -0.15) is 4.98 Å². The average Bonchev–Trinajstić information content (AvgIpc) is 3.22. The third-order valence-corrected chi connectivity index (χ3v) is 3.62. The molecule has 9 heteroatoms. The number of aryl methyl sites for hydroxylation is 2. The van der Waals surface area contributed by atoms with Crippen molar-refractivity contribution >= 4 is 5.91 Å². The maximum Gasteiger partial charge on any atom is 0.248 e. The van der Waals surface area contributed by atoms with Crippen LogP contribution in [-0.2, 0) is 11.2 Å². The fourth-order valence-corrected chi connectivity index (χ4v) is 2.36. The molecule has 0 aliphatic rings. The Morgan fingerprint density at radius 1 is 1.31 bits per heavy atom. The van der Waals surface area contributed by atoms with E-state index in [1.165, 1.54) is 12.3 Å². The molecule has 0 fully saturated rings. The highest BCUT2D eigenvalue weighted by Gasteiger charge is 2.18. The van der Waals surface area contributed by atoms with Crippen LogP contribution < -0.4 is 5.32 Å². The molecule has 0 spiro atoms. The average molecular weight is 362 g/mol. The Bertz CT molecular complexity index is 902. The number of benzene rings is 1. The second kappa shape index (κ2) is 7.42. The number of nitrogens with zero attached hydrogens (tertiary/aromatic N) is 3. The Balaban J connectivity index is 1.59. The topological polar surface area (TPSA) is 94.1 Å². The van der Waals surface area contributed by atoms with Gasteiger partial charge in [0.05, 0.1) is 11.8 Å². The molecule has 1 N–H and O–H groups in total. The van der Waals surface area contributed by atoms with Gasteiger partial charge in [-0.15, -0.1) is 0 Å². The van der Waals surface area contributed by atoms with Gasteiger partial charge in [0.15, 0.2) is 17.5 Å². The summed E-state index contributed by atoms with van der Waals surface area (Å²) in [5.74, 6) is -0.781. The van der Waals surface area contributed by atoms with Gasteiger partial charge in [-0.05, 0) is 26.0 Å². The molecule has 0 bridgehead atoms. The van der Waals surface area contributed by atoms with Crippen molar-refractivity contribution < 1.29 is 22.5 Å². The maximum absolute atomic E-state index is 13.8. The fourth-order valence-electron chi connectivity index (χ4n) is 2.36. The third kappa shape index (κ3) is 3.93. The van der Waals surface area contributed by atoms with E-state index >= 15 is 0 Å². The molecule has 0 saturated carbocycles. The first kappa shape index (κ1) is 17.7. The summed E-state index contributed by atoms with van der Waals surface area (Å²) < 4.78 is 37.9. The molecule has 0 unspecified atom stereocenters. The first-order valence-electron chi connectivity index (χ1n) is 7.92. The Labute approximate surface area is 147 Å². The zero-order valence-electron chi connectivity index (χ0n) is 14.1. The Morgan fingerprint density at radius 3 is 2.69 bits per heavy atom. The van der Waals surface area contributed by atoms with Crippen LogP contribution in [0.4, 0.5) is 8.78 Å². The molecule has 3 aromatic rings. The quantitative estimate of drug-likeness (QED) is 0.724. The molecule has 1 aromatic carbocycles. The SMILES string of the molecule is Cc1noc([C@@H](C)NC(=O)CCc2ncc(-c3c(F)cccc3F)o2)n1. The summed E-state index contributed by atoms with van der Waals surface area (Å²) in [4.78, 5) is 20.0. The van der Waals surface area contributed by atoms with E-state index in [-0.39, 0.29) is 36.0 Å². The van der Waals surface area contributed by atoms with Crippen molar-refractivity contribution in [1.29, 1.82) is 0 Å². The number of hydrogen-bond acceptors (Lipinski definition) is 6. The van der Waals surface area contributed by atoms with Crippen LogP contribution in [0.2, 0.25) is 0 Å². The van der Waals surface area contributed by atoms with Crippen molar-refractivity contribution in [2.75, 3.05) is 0 Å². The number of rotatable bonds is 6. The first-order chi connectivity index (χ1) is 12.4. The molecule has 26 heavy (non-hydrogen) atoms. The molecule has 136 valence electrons.